The molecule has 1 N–H and O–H groups in total. The van der Waals surface area contributed by atoms with Crippen LogP contribution in [-0.2, 0) is 0 Å². The van der Waals surface area contributed by atoms with Crippen molar-refractivity contribution in [1.29, 1.82) is 0 Å². The number of anilines is 1. The van der Waals surface area contributed by atoms with Crippen LogP contribution < -0.4 is 5.32 Å². The SMILES string of the molecule is CC(C)c1nnc(NC(=O)c2cc(Br)ccc2I)s1. The second-order valence-electron chi connectivity index (χ2n) is 4.18. The lowest BCUT2D eigenvalue weighted by atomic mass is 10.2. The van der Waals surface area contributed by atoms with Crippen LogP contribution in [0.1, 0.15) is 35.1 Å². The molecule has 1 aromatic heterocycles. The molecule has 0 aliphatic heterocycles. The van der Waals surface area contributed by atoms with Gasteiger partial charge in [0.25, 0.3) is 5.91 Å². The maximum atomic E-state index is 12.2. The highest BCUT2D eigenvalue weighted by molar-refractivity contribution is 14.1. The van der Waals surface area contributed by atoms with Crippen molar-refractivity contribution < 1.29 is 4.79 Å². The van der Waals surface area contributed by atoms with Crippen molar-refractivity contribution in [1.82, 2.24) is 10.2 Å². The van der Waals surface area contributed by atoms with Gasteiger partial charge in [-0.05, 0) is 40.8 Å². The number of rotatable bonds is 3. The molecule has 0 unspecified atom stereocenters. The van der Waals surface area contributed by atoms with E-state index in [1.54, 1.807) is 6.07 Å². The smallest absolute Gasteiger partial charge is 0.258 e. The van der Waals surface area contributed by atoms with Gasteiger partial charge in [0, 0.05) is 14.0 Å². The van der Waals surface area contributed by atoms with Gasteiger partial charge in [-0.2, -0.15) is 0 Å². The highest BCUT2D eigenvalue weighted by atomic mass is 127. The van der Waals surface area contributed by atoms with E-state index in [9.17, 15) is 4.79 Å². The average molecular weight is 452 g/mol. The van der Waals surface area contributed by atoms with Gasteiger partial charge in [-0.3, -0.25) is 10.1 Å². The van der Waals surface area contributed by atoms with E-state index in [1.807, 2.05) is 26.0 Å². The van der Waals surface area contributed by atoms with Gasteiger partial charge in [0.15, 0.2) is 0 Å². The fraction of sp³-hybridized carbons (Fsp3) is 0.250. The van der Waals surface area contributed by atoms with Gasteiger partial charge < -0.3 is 0 Å². The third-order valence-electron chi connectivity index (χ3n) is 2.33. The maximum absolute atomic E-state index is 12.2. The predicted molar refractivity (Wildman–Crippen MR) is 88.8 cm³/mol. The Balaban J connectivity index is 2.18. The maximum Gasteiger partial charge on any atom is 0.258 e. The third kappa shape index (κ3) is 3.73. The van der Waals surface area contributed by atoms with E-state index in [2.05, 4.69) is 54.0 Å². The summed E-state index contributed by atoms with van der Waals surface area (Å²) in [7, 11) is 0. The largest absolute Gasteiger partial charge is 0.296 e. The van der Waals surface area contributed by atoms with Crippen molar-refractivity contribution in [2.24, 2.45) is 0 Å². The van der Waals surface area contributed by atoms with Crippen molar-refractivity contribution in [3.05, 3.63) is 36.8 Å². The first kappa shape index (κ1) is 14.9. The van der Waals surface area contributed by atoms with Gasteiger partial charge >= 0.3 is 0 Å². The number of hydrogen-bond donors (Lipinski definition) is 1. The number of hydrogen-bond acceptors (Lipinski definition) is 4. The first-order chi connectivity index (χ1) is 8.97. The number of aromatic nitrogens is 2. The Morgan fingerprint density at radius 1 is 1.42 bits per heavy atom. The monoisotopic (exact) mass is 451 g/mol. The van der Waals surface area contributed by atoms with Crippen LogP contribution in [0, 0.1) is 3.57 Å². The number of carbonyl (C=O) groups is 1. The molecule has 1 heterocycles. The van der Waals surface area contributed by atoms with Crippen molar-refractivity contribution >= 4 is 60.9 Å². The summed E-state index contributed by atoms with van der Waals surface area (Å²) >= 11 is 6.91. The summed E-state index contributed by atoms with van der Waals surface area (Å²) in [5, 5.41) is 12.3. The Bertz CT molecular complexity index is 615. The number of benzene rings is 1. The molecule has 2 rings (SSSR count). The van der Waals surface area contributed by atoms with E-state index in [-0.39, 0.29) is 5.91 Å². The Kier molecular flexibility index (Phi) is 4.91. The average Bonchev–Trinajstić information content (AvgIpc) is 2.80. The normalized spacial score (nSPS) is 10.8. The lowest BCUT2D eigenvalue weighted by molar-refractivity contribution is 0.102. The van der Waals surface area contributed by atoms with Crippen molar-refractivity contribution in [2.75, 3.05) is 5.32 Å². The third-order valence-corrected chi connectivity index (χ3v) is 4.90. The summed E-state index contributed by atoms with van der Waals surface area (Å²) in [6.45, 7) is 4.09. The van der Waals surface area contributed by atoms with E-state index in [0.717, 1.165) is 13.1 Å². The van der Waals surface area contributed by atoms with Crippen LogP contribution in [0.15, 0.2) is 22.7 Å². The molecule has 7 heteroatoms. The van der Waals surface area contributed by atoms with Crippen LogP contribution in [0.4, 0.5) is 5.13 Å². The summed E-state index contributed by atoms with van der Waals surface area (Å²) in [6, 6.07) is 5.58. The van der Waals surface area contributed by atoms with E-state index >= 15 is 0 Å². The Hall–Kier alpha value is -0.540. The second-order valence-corrected chi connectivity index (χ2v) is 7.27. The van der Waals surface area contributed by atoms with Crippen molar-refractivity contribution in [3.63, 3.8) is 0 Å². The van der Waals surface area contributed by atoms with Crippen LogP contribution in [0.5, 0.6) is 0 Å². The summed E-state index contributed by atoms with van der Waals surface area (Å²) < 4.78 is 1.77. The molecule has 0 bridgehead atoms. The van der Waals surface area contributed by atoms with Gasteiger partial charge in [-0.25, -0.2) is 0 Å². The standard InChI is InChI=1S/C12H11BrIN3OS/c1-6(2)11-16-17-12(19-11)15-10(18)8-5-7(13)3-4-9(8)14/h3-6H,1-2H3,(H,15,17,18). The first-order valence-corrected chi connectivity index (χ1v) is 8.26. The highest BCUT2D eigenvalue weighted by Gasteiger charge is 2.14. The summed E-state index contributed by atoms with van der Waals surface area (Å²) in [6.07, 6.45) is 0. The van der Waals surface area contributed by atoms with Crippen molar-refractivity contribution in [2.45, 2.75) is 19.8 Å². The van der Waals surface area contributed by atoms with Crippen LogP contribution >= 0.6 is 49.9 Å². The topological polar surface area (TPSA) is 54.9 Å². The molecule has 0 radical (unpaired) electrons. The van der Waals surface area contributed by atoms with E-state index < -0.39 is 0 Å². The molecule has 19 heavy (non-hydrogen) atoms. The molecule has 0 fully saturated rings. The van der Waals surface area contributed by atoms with Crippen LogP contribution in [0.25, 0.3) is 0 Å². The predicted octanol–water partition coefficient (Wildman–Crippen LogP) is 4.28. The van der Waals surface area contributed by atoms with E-state index in [4.69, 9.17) is 0 Å². The number of halogens is 2. The molecular weight excluding hydrogens is 441 g/mol. The Morgan fingerprint density at radius 2 is 2.16 bits per heavy atom. The van der Waals surface area contributed by atoms with E-state index in [0.29, 0.717) is 16.6 Å². The minimum absolute atomic E-state index is 0.169. The molecule has 100 valence electrons. The van der Waals surface area contributed by atoms with Gasteiger partial charge in [-0.15, -0.1) is 10.2 Å². The highest BCUT2D eigenvalue weighted by Crippen LogP contribution is 2.24. The summed E-state index contributed by atoms with van der Waals surface area (Å²) in [5.41, 5.74) is 0.622. The minimum Gasteiger partial charge on any atom is -0.296 e. The van der Waals surface area contributed by atoms with Crippen molar-refractivity contribution in [3.8, 4) is 0 Å². The molecule has 1 amide bonds. The Labute approximate surface area is 137 Å². The molecular formula is C12H11BrIN3OS. The summed E-state index contributed by atoms with van der Waals surface area (Å²) in [4.78, 5) is 12.2. The lowest BCUT2D eigenvalue weighted by Gasteiger charge is -2.04. The Morgan fingerprint density at radius 3 is 2.79 bits per heavy atom. The van der Waals surface area contributed by atoms with E-state index in [1.165, 1.54) is 11.3 Å². The lowest BCUT2D eigenvalue weighted by Crippen LogP contribution is -2.13. The molecule has 1 aromatic carbocycles. The van der Waals surface area contributed by atoms with Crippen LogP contribution in [-0.4, -0.2) is 16.1 Å². The molecule has 0 aliphatic carbocycles. The van der Waals surface area contributed by atoms with Gasteiger partial charge in [0.05, 0.1) is 5.56 Å². The number of nitrogens with zero attached hydrogens (tertiary/aromatic N) is 2. The molecule has 0 saturated carbocycles. The minimum atomic E-state index is -0.169. The molecule has 0 atom stereocenters. The summed E-state index contributed by atoms with van der Waals surface area (Å²) in [5.74, 6) is 0.145. The number of amides is 1. The first-order valence-electron chi connectivity index (χ1n) is 5.57. The van der Waals surface area contributed by atoms with Gasteiger partial charge in [0.2, 0.25) is 5.13 Å². The van der Waals surface area contributed by atoms with Gasteiger partial charge in [0.1, 0.15) is 5.01 Å². The fourth-order valence-electron chi connectivity index (χ4n) is 1.35. The number of nitrogens with one attached hydrogen (secondary N) is 1. The van der Waals surface area contributed by atoms with Crippen LogP contribution in [0.2, 0.25) is 0 Å². The second kappa shape index (κ2) is 6.27. The van der Waals surface area contributed by atoms with Gasteiger partial charge in [-0.1, -0.05) is 41.1 Å². The molecule has 4 nitrogen and oxygen atoms in total. The molecule has 2 aromatic rings. The zero-order valence-corrected chi connectivity index (χ0v) is 14.8. The molecule has 0 saturated heterocycles. The van der Waals surface area contributed by atoms with Crippen LogP contribution in [0.3, 0.4) is 0 Å². The number of carbonyl (C=O) groups excluding carboxylic acids is 1. The molecule has 0 spiro atoms. The zero-order valence-electron chi connectivity index (χ0n) is 10.3. The quantitative estimate of drug-likeness (QED) is 0.708. The zero-order chi connectivity index (χ0) is 14.0. The fourth-order valence-corrected chi connectivity index (χ4v) is 3.04. The molecule has 0 aliphatic rings.